The third-order valence-corrected chi connectivity index (χ3v) is 4.72. The van der Waals surface area contributed by atoms with Gasteiger partial charge in [0.2, 0.25) is 10.0 Å². The van der Waals surface area contributed by atoms with Crippen molar-refractivity contribution >= 4 is 21.7 Å². The number of anilines is 1. The number of carboxylic acid groups (broad SMARTS) is 1. The van der Waals surface area contributed by atoms with Crippen LogP contribution in [-0.4, -0.2) is 32.8 Å². The van der Waals surface area contributed by atoms with Crippen LogP contribution in [0.25, 0.3) is 11.1 Å². The molecule has 0 radical (unpaired) electrons. The number of carboxylic acids is 1. The summed E-state index contributed by atoms with van der Waals surface area (Å²) in [5.41, 5.74) is 3.55. The van der Waals surface area contributed by atoms with Gasteiger partial charge < -0.3 is 5.11 Å². The van der Waals surface area contributed by atoms with Gasteiger partial charge in [-0.1, -0.05) is 18.2 Å². The third-order valence-electron chi connectivity index (χ3n) is 3.51. The van der Waals surface area contributed by atoms with Crippen LogP contribution in [0.1, 0.15) is 15.9 Å². The summed E-state index contributed by atoms with van der Waals surface area (Å²) in [6.45, 7) is 1.89. The van der Waals surface area contributed by atoms with Gasteiger partial charge in [-0.25, -0.2) is 13.2 Å². The summed E-state index contributed by atoms with van der Waals surface area (Å²) >= 11 is 0. The fraction of sp³-hybridized carbons (Fsp3) is 0.188. The number of sulfonamides is 1. The van der Waals surface area contributed by atoms with Crippen LogP contribution in [0.15, 0.2) is 42.5 Å². The number of hydrogen-bond donors (Lipinski definition) is 1. The lowest BCUT2D eigenvalue weighted by Gasteiger charge is -2.18. The Hall–Kier alpha value is -2.34. The molecule has 0 heterocycles. The number of carbonyl (C=O) groups is 1. The average Bonchev–Trinajstić information content (AvgIpc) is 2.45. The van der Waals surface area contributed by atoms with Gasteiger partial charge in [0, 0.05) is 7.05 Å². The molecule has 6 heteroatoms. The topological polar surface area (TPSA) is 74.7 Å². The molecule has 1 N–H and O–H groups in total. The molecule has 0 aliphatic carbocycles. The molecule has 22 heavy (non-hydrogen) atoms. The minimum Gasteiger partial charge on any atom is -0.478 e. The van der Waals surface area contributed by atoms with Gasteiger partial charge in [-0.2, -0.15) is 0 Å². The lowest BCUT2D eigenvalue weighted by Crippen LogP contribution is -2.24. The van der Waals surface area contributed by atoms with Crippen molar-refractivity contribution in [3.63, 3.8) is 0 Å². The summed E-state index contributed by atoms with van der Waals surface area (Å²) in [6.07, 6.45) is 1.15. The maximum absolute atomic E-state index is 11.6. The van der Waals surface area contributed by atoms with Crippen LogP contribution in [0, 0.1) is 6.92 Å². The molecule has 0 aliphatic rings. The number of hydrogen-bond acceptors (Lipinski definition) is 3. The first-order valence-corrected chi connectivity index (χ1v) is 8.43. The standard InChI is InChI=1S/C16H17NO4S/c1-11-10-14(17(2)22(3,20)21)8-9-15(11)12-4-6-13(7-5-12)16(18)19/h4-10H,1-3H3,(H,18,19). The summed E-state index contributed by atoms with van der Waals surface area (Å²) in [6, 6.07) is 11.9. The first-order valence-electron chi connectivity index (χ1n) is 6.58. The normalized spacial score (nSPS) is 11.2. The molecular formula is C16H17NO4S. The van der Waals surface area contributed by atoms with Crippen molar-refractivity contribution in [3.05, 3.63) is 53.6 Å². The summed E-state index contributed by atoms with van der Waals surface area (Å²) in [5, 5.41) is 8.91. The quantitative estimate of drug-likeness (QED) is 0.940. The number of aryl methyl sites for hydroxylation is 1. The van der Waals surface area contributed by atoms with E-state index in [-0.39, 0.29) is 5.56 Å². The number of rotatable bonds is 4. The monoisotopic (exact) mass is 319 g/mol. The molecule has 2 aromatic rings. The van der Waals surface area contributed by atoms with Crippen LogP contribution in [-0.2, 0) is 10.0 Å². The van der Waals surface area contributed by atoms with Crippen molar-refractivity contribution in [2.24, 2.45) is 0 Å². The summed E-state index contributed by atoms with van der Waals surface area (Å²) < 4.78 is 24.4. The van der Waals surface area contributed by atoms with Crippen LogP contribution in [0.3, 0.4) is 0 Å². The molecule has 0 spiro atoms. The Morgan fingerprint density at radius 1 is 1.09 bits per heavy atom. The summed E-state index contributed by atoms with van der Waals surface area (Å²) in [4.78, 5) is 10.9. The van der Waals surface area contributed by atoms with Crippen molar-refractivity contribution in [1.82, 2.24) is 0 Å². The molecule has 0 aliphatic heterocycles. The van der Waals surface area contributed by atoms with Gasteiger partial charge in [-0.05, 0) is 47.9 Å². The molecule has 2 aromatic carbocycles. The highest BCUT2D eigenvalue weighted by molar-refractivity contribution is 7.92. The minimum atomic E-state index is -3.30. The van der Waals surface area contributed by atoms with Gasteiger partial charge in [0.1, 0.15) is 0 Å². The van der Waals surface area contributed by atoms with E-state index < -0.39 is 16.0 Å². The molecule has 0 amide bonds. The fourth-order valence-electron chi connectivity index (χ4n) is 2.15. The molecule has 0 unspecified atom stereocenters. The zero-order valence-electron chi connectivity index (χ0n) is 12.6. The van der Waals surface area contributed by atoms with Crippen LogP contribution < -0.4 is 4.31 Å². The third kappa shape index (κ3) is 3.28. The molecule has 0 atom stereocenters. The Morgan fingerprint density at radius 2 is 1.68 bits per heavy atom. The first kappa shape index (κ1) is 16.0. The highest BCUT2D eigenvalue weighted by Crippen LogP contribution is 2.28. The Labute approximate surface area is 129 Å². The second-order valence-electron chi connectivity index (χ2n) is 5.11. The Bertz CT molecular complexity index is 811. The van der Waals surface area contributed by atoms with Crippen molar-refractivity contribution < 1.29 is 18.3 Å². The molecule has 0 bridgehead atoms. The van der Waals surface area contributed by atoms with Crippen molar-refractivity contribution in [2.75, 3.05) is 17.6 Å². The lowest BCUT2D eigenvalue weighted by molar-refractivity contribution is 0.0697. The molecule has 0 fully saturated rings. The second-order valence-corrected chi connectivity index (χ2v) is 7.13. The molecule has 2 rings (SSSR count). The predicted molar refractivity (Wildman–Crippen MR) is 86.8 cm³/mol. The fourth-order valence-corrected chi connectivity index (χ4v) is 2.65. The smallest absolute Gasteiger partial charge is 0.335 e. The van der Waals surface area contributed by atoms with E-state index in [1.165, 1.54) is 11.4 Å². The Balaban J connectivity index is 2.40. The van der Waals surface area contributed by atoms with E-state index in [0.717, 1.165) is 22.9 Å². The number of benzene rings is 2. The maximum atomic E-state index is 11.6. The molecular weight excluding hydrogens is 302 g/mol. The van der Waals surface area contributed by atoms with Crippen molar-refractivity contribution in [3.8, 4) is 11.1 Å². The molecule has 0 saturated carbocycles. The van der Waals surface area contributed by atoms with Gasteiger partial charge in [0.05, 0.1) is 17.5 Å². The average molecular weight is 319 g/mol. The van der Waals surface area contributed by atoms with Gasteiger partial charge in [0.25, 0.3) is 0 Å². The largest absolute Gasteiger partial charge is 0.478 e. The van der Waals surface area contributed by atoms with Gasteiger partial charge in [0.15, 0.2) is 0 Å². The predicted octanol–water partition coefficient (Wildman–Crippen LogP) is 2.76. The SMILES string of the molecule is Cc1cc(N(C)S(C)(=O)=O)ccc1-c1ccc(C(=O)O)cc1. The highest BCUT2D eigenvalue weighted by Gasteiger charge is 2.13. The summed E-state index contributed by atoms with van der Waals surface area (Å²) in [7, 11) is -1.79. The molecule has 5 nitrogen and oxygen atoms in total. The zero-order chi connectivity index (χ0) is 16.5. The number of nitrogens with zero attached hydrogens (tertiary/aromatic N) is 1. The Morgan fingerprint density at radius 3 is 2.14 bits per heavy atom. The highest BCUT2D eigenvalue weighted by atomic mass is 32.2. The molecule has 0 saturated heterocycles. The number of aromatic carboxylic acids is 1. The first-order chi connectivity index (χ1) is 10.2. The van der Waals surface area contributed by atoms with E-state index in [1.54, 1.807) is 36.4 Å². The van der Waals surface area contributed by atoms with E-state index in [2.05, 4.69) is 0 Å². The van der Waals surface area contributed by atoms with E-state index >= 15 is 0 Å². The van der Waals surface area contributed by atoms with E-state index in [9.17, 15) is 13.2 Å². The van der Waals surface area contributed by atoms with Crippen LogP contribution in [0.5, 0.6) is 0 Å². The van der Waals surface area contributed by atoms with Crippen LogP contribution in [0.2, 0.25) is 0 Å². The Kier molecular flexibility index (Phi) is 4.23. The molecule has 0 aromatic heterocycles. The van der Waals surface area contributed by atoms with Crippen LogP contribution in [0.4, 0.5) is 5.69 Å². The zero-order valence-corrected chi connectivity index (χ0v) is 13.4. The second kappa shape index (κ2) is 5.81. The van der Waals surface area contributed by atoms with Crippen molar-refractivity contribution in [2.45, 2.75) is 6.92 Å². The van der Waals surface area contributed by atoms with Crippen LogP contribution >= 0.6 is 0 Å². The van der Waals surface area contributed by atoms with E-state index in [4.69, 9.17) is 5.11 Å². The van der Waals surface area contributed by atoms with Gasteiger partial charge in [-0.3, -0.25) is 4.31 Å². The minimum absolute atomic E-state index is 0.231. The maximum Gasteiger partial charge on any atom is 0.335 e. The lowest BCUT2D eigenvalue weighted by atomic mass is 9.99. The van der Waals surface area contributed by atoms with E-state index in [0.29, 0.717) is 5.69 Å². The summed E-state index contributed by atoms with van der Waals surface area (Å²) in [5.74, 6) is -0.964. The van der Waals surface area contributed by atoms with E-state index in [1.807, 2.05) is 13.0 Å². The van der Waals surface area contributed by atoms with Crippen molar-refractivity contribution in [1.29, 1.82) is 0 Å². The van der Waals surface area contributed by atoms with Gasteiger partial charge in [-0.15, -0.1) is 0 Å². The van der Waals surface area contributed by atoms with Gasteiger partial charge >= 0.3 is 5.97 Å². The molecule has 116 valence electrons.